The van der Waals surface area contributed by atoms with Crippen LogP contribution in [0.1, 0.15) is 31.8 Å². The van der Waals surface area contributed by atoms with E-state index >= 15 is 0 Å². The number of rotatable bonds is 5. The second-order valence-corrected chi connectivity index (χ2v) is 6.23. The number of carboxylic acid groups (broad SMARTS) is 1. The Hall–Kier alpha value is -2.73. The summed E-state index contributed by atoms with van der Waals surface area (Å²) in [6.45, 7) is 2.49. The largest absolute Gasteiger partial charge is 0.476 e. The summed E-state index contributed by atoms with van der Waals surface area (Å²) >= 11 is 1.36. The van der Waals surface area contributed by atoms with Crippen molar-refractivity contribution in [3.8, 4) is 0 Å². The van der Waals surface area contributed by atoms with E-state index in [1.807, 2.05) is 35.0 Å². The van der Waals surface area contributed by atoms with Gasteiger partial charge in [-0.2, -0.15) is 0 Å². The van der Waals surface area contributed by atoms with Crippen LogP contribution in [0.3, 0.4) is 0 Å². The zero-order valence-corrected chi connectivity index (χ0v) is 13.3. The van der Waals surface area contributed by atoms with E-state index in [0.717, 1.165) is 12.4 Å². The van der Waals surface area contributed by atoms with Crippen LogP contribution in [0.15, 0.2) is 42.7 Å². The van der Waals surface area contributed by atoms with Crippen LogP contribution in [0, 0.1) is 6.92 Å². The number of nitrogens with zero attached hydrogens (tertiary/aromatic N) is 3. The molecule has 2 aromatic heterocycles. The zero-order chi connectivity index (χ0) is 16.2. The number of aryl methyl sites for hydroxylation is 1. The molecular formula is C17H15N3O2S. The summed E-state index contributed by atoms with van der Waals surface area (Å²) in [5.41, 5.74) is 1.31. The first-order chi connectivity index (χ1) is 11.1. The summed E-state index contributed by atoms with van der Waals surface area (Å²) in [6, 6.07) is 10.1. The van der Waals surface area contributed by atoms with Gasteiger partial charge in [0.2, 0.25) is 0 Å². The van der Waals surface area contributed by atoms with Gasteiger partial charge in [0.1, 0.15) is 10.8 Å². The summed E-state index contributed by atoms with van der Waals surface area (Å²) in [4.78, 5) is 20.2. The molecule has 0 saturated heterocycles. The van der Waals surface area contributed by atoms with Crippen molar-refractivity contribution in [3.05, 3.63) is 69.7 Å². The molecule has 0 aliphatic rings. The van der Waals surface area contributed by atoms with Crippen molar-refractivity contribution in [1.82, 2.24) is 14.5 Å². The van der Waals surface area contributed by atoms with Crippen molar-refractivity contribution in [3.63, 3.8) is 0 Å². The van der Waals surface area contributed by atoms with E-state index < -0.39 is 5.97 Å². The highest BCUT2D eigenvalue weighted by Crippen LogP contribution is 2.19. The second-order valence-electron chi connectivity index (χ2n) is 4.99. The predicted octanol–water partition coefficient (Wildman–Crippen LogP) is 3.56. The second kappa shape index (κ2) is 6.58. The minimum Gasteiger partial charge on any atom is -0.476 e. The minimum atomic E-state index is -0.996. The molecule has 3 rings (SSSR count). The molecule has 1 N–H and O–H groups in total. The maximum Gasteiger partial charge on any atom is 0.355 e. The number of hydrogen-bond donors (Lipinski definition) is 1. The minimum absolute atomic E-state index is 0.113. The number of aromatic carboxylic acids is 1. The number of carbonyl (C=O) groups is 1. The average molecular weight is 325 g/mol. The lowest BCUT2D eigenvalue weighted by Crippen LogP contribution is -2.00. The molecule has 2 heterocycles. The quantitative estimate of drug-likeness (QED) is 0.779. The molecule has 1 aromatic carbocycles. The van der Waals surface area contributed by atoms with Gasteiger partial charge in [0.15, 0.2) is 5.69 Å². The van der Waals surface area contributed by atoms with Gasteiger partial charge in [-0.3, -0.25) is 0 Å². The van der Waals surface area contributed by atoms with Crippen LogP contribution in [-0.2, 0) is 6.54 Å². The van der Waals surface area contributed by atoms with Crippen molar-refractivity contribution in [2.75, 3.05) is 0 Å². The Balaban J connectivity index is 1.80. The fourth-order valence-electron chi connectivity index (χ4n) is 2.23. The normalized spacial score (nSPS) is 11.2. The van der Waals surface area contributed by atoms with Crippen molar-refractivity contribution in [2.45, 2.75) is 13.5 Å². The van der Waals surface area contributed by atoms with E-state index in [1.165, 1.54) is 16.9 Å². The van der Waals surface area contributed by atoms with Crippen LogP contribution in [-0.4, -0.2) is 25.6 Å². The third kappa shape index (κ3) is 3.54. The fraction of sp³-hybridized carbons (Fsp3) is 0.118. The van der Waals surface area contributed by atoms with E-state index in [9.17, 15) is 4.79 Å². The summed E-state index contributed by atoms with van der Waals surface area (Å²) < 4.78 is 2.03. The maximum atomic E-state index is 11.0. The van der Waals surface area contributed by atoms with Crippen molar-refractivity contribution in [2.24, 2.45) is 0 Å². The molecular weight excluding hydrogens is 310 g/mol. The van der Waals surface area contributed by atoms with E-state index in [4.69, 9.17) is 5.11 Å². The highest BCUT2D eigenvalue weighted by Gasteiger charge is 2.12. The van der Waals surface area contributed by atoms with Gasteiger partial charge >= 0.3 is 5.97 Å². The molecule has 0 unspecified atom stereocenters. The Morgan fingerprint density at radius 1 is 1.30 bits per heavy atom. The summed E-state index contributed by atoms with van der Waals surface area (Å²) in [6.07, 6.45) is 7.32. The Kier molecular flexibility index (Phi) is 4.34. The molecule has 0 fully saturated rings. The van der Waals surface area contributed by atoms with Crippen LogP contribution >= 0.6 is 11.3 Å². The molecule has 0 atom stereocenters. The van der Waals surface area contributed by atoms with E-state index in [0.29, 0.717) is 9.88 Å². The number of thiazole rings is 1. The van der Waals surface area contributed by atoms with Gasteiger partial charge in [0, 0.05) is 23.8 Å². The lowest BCUT2D eigenvalue weighted by Gasteiger charge is -2.04. The van der Waals surface area contributed by atoms with Gasteiger partial charge in [-0.1, -0.05) is 30.3 Å². The van der Waals surface area contributed by atoms with E-state index in [2.05, 4.69) is 22.1 Å². The van der Waals surface area contributed by atoms with Crippen LogP contribution in [0.25, 0.3) is 12.2 Å². The third-order valence-electron chi connectivity index (χ3n) is 3.33. The highest BCUT2D eigenvalue weighted by molar-refractivity contribution is 7.12. The van der Waals surface area contributed by atoms with Gasteiger partial charge in [0.25, 0.3) is 0 Å². The first kappa shape index (κ1) is 15.2. The number of imidazole rings is 1. The molecule has 23 heavy (non-hydrogen) atoms. The Labute approximate surface area is 137 Å². The highest BCUT2D eigenvalue weighted by atomic mass is 32.1. The summed E-state index contributed by atoms with van der Waals surface area (Å²) in [7, 11) is 0. The Bertz CT molecular complexity index is 850. The fourth-order valence-corrected chi connectivity index (χ4v) is 3.04. The van der Waals surface area contributed by atoms with E-state index in [1.54, 1.807) is 19.2 Å². The maximum absolute atomic E-state index is 11.0. The van der Waals surface area contributed by atoms with Crippen LogP contribution in [0.5, 0.6) is 0 Å². The summed E-state index contributed by atoms with van der Waals surface area (Å²) in [5.74, 6) is -0.192. The topological polar surface area (TPSA) is 68.0 Å². The molecule has 0 spiro atoms. The number of benzene rings is 1. The number of hydrogen-bond acceptors (Lipinski definition) is 4. The molecule has 0 bridgehead atoms. The standard InChI is InChI=1S/C17H15N3O2S/c1-12-16(17(21)22)19-15(23-12)8-7-14-18-9-10-20(14)11-13-5-3-2-4-6-13/h2-10H,11H2,1H3,(H,21,22)/b8-7+. The molecule has 3 aromatic rings. The molecule has 116 valence electrons. The van der Waals surface area contributed by atoms with Crippen LogP contribution in [0.4, 0.5) is 0 Å². The monoisotopic (exact) mass is 325 g/mol. The van der Waals surface area contributed by atoms with Crippen LogP contribution < -0.4 is 0 Å². The molecule has 0 radical (unpaired) electrons. The molecule has 0 aliphatic heterocycles. The van der Waals surface area contributed by atoms with Gasteiger partial charge in [-0.15, -0.1) is 11.3 Å². The smallest absolute Gasteiger partial charge is 0.355 e. The van der Waals surface area contributed by atoms with Gasteiger partial charge in [0.05, 0.1) is 0 Å². The van der Waals surface area contributed by atoms with E-state index in [-0.39, 0.29) is 5.69 Å². The molecule has 0 aliphatic carbocycles. The molecule has 0 saturated carbocycles. The first-order valence-electron chi connectivity index (χ1n) is 7.07. The molecule has 6 heteroatoms. The van der Waals surface area contributed by atoms with Crippen LogP contribution in [0.2, 0.25) is 0 Å². The predicted molar refractivity (Wildman–Crippen MR) is 90.5 cm³/mol. The van der Waals surface area contributed by atoms with Gasteiger partial charge < -0.3 is 9.67 Å². The Morgan fingerprint density at radius 3 is 2.78 bits per heavy atom. The number of carboxylic acids is 1. The van der Waals surface area contributed by atoms with Crippen molar-refractivity contribution < 1.29 is 9.90 Å². The SMILES string of the molecule is Cc1sc(/C=C/c2nccn2Cc2ccccc2)nc1C(=O)O. The first-order valence-corrected chi connectivity index (χ1v) is 7.89. The van der Waals surface area contributed by atoms with Gasteiger partial charge in [-0.25, -0.2) is 14.8 Å². The third-order valence-corrected chi connectivity index (χ3v) is 4.27. The lowest BCUT2D eigenvalue weighted by molar-refractivity contribution is 0.0690. The Morgan fingerprint density at radius 2 is 2.09 bits per heavy atom. The molecule has 5 nitrogen and oxygen atoms in total. The average Bonchev–Trinajstić information content (AvgIpc) is 3.12. The number of aromatic nitrogens is 3. The van der Waals surface area contributed by atoms with Crippen molar-refractivity contribution in [1.29, 1.82) is 0 Å². The van der Waals surface area contributed by atoms with Crippen molar-refractivity contribution >= 4 is 29.5 Å². The lowest BCUT2D eigenvalue weighted by atomic mass is 10.2. The summed E-state index contributed by atoms with van der Waals surface area (Å²) in [5, 5.41) is 9.70. The zero-order valence-electron chi connectivity index (χ0n) is 12.5. The molecule has 0 amide bonds. The van der Waals surface area contributed by atoms with Gasteiger partial charge in [-0.05, 0) is 24.6 Å².